The Kier molecular flexibility index (Phi) is 5.27. The number of hydrogen-bond donors (Lipinski definition) is 1. The lowest BCUT2D eigenvalue weighted by molar-refractivity contribution is -0.117. The molecule has 1 saturated heterocycles. The van der Waals surface area contributed by atoms with Gasteiger partial charge < -0.3 is 19.4 Å². The number of carbonyl (C=O) groups excluding carboxylic acids is 1. The predicted octanol–water partition coefficient (Wildman–Crippen LogP) is 5.01. The Morgan fingerprint density at radius 2 is 1.81 bits per heavy atom. The van der Waals surface area contributed by atoms with Crippen LogP contribution in [-0.2, 0) is 11.4 Å². The number of oxazole rings is 1. The van der Waals surface area contributed by atoms with Crippen molar-refractivity contribution in [2.45, 2.75) is 25.5 Å². The molecule has 3 aromatic carbocycles. The Labute approximate surface area is 180 Å². The van der Waals surface area contributed by atoms with Gasteiger partial charge in [-0.1, -0.05) is 42.5 Å². The average molecular weight is 413 g/mol. The van der Waals surface area contributed by atoms with E-state index >= 15 is 0 Å². The first-order valence-electron chi connectivity index (χ1n) is 10.5. The van der Waals surface area contributed by atoms with E-state index in [2.05, 4.69) is 10.3 Å². The van der Waals surface area contributed by atoms with Crippen LogP contribution >= 0.6 is 0 Å². The minimum atomic E-state index is -0.304. The lowest BCUT2D eigenvalue weighted by Crippen LogP contribution is -2.39. The van der Waals surface area contributed by atoms with E-state index in [0.29, 0.717) is 12.6 Å². The summed E-state index contributed by atoms with van der Waals surface area (Å²) >= 11 is 0. The van der Waals surface area contributed by atoms with Crippen molar-refractivity contribution in [1.29, 1.82) is 0 Å². The lowest BCUT2D eigenvalue weighted by Gasteiger charge is -2.22. The number of nitrogens with one attached hydrogen (secondary N) is 1. The van der Waals surface area contributed by atoms with Gasteiger partial charge in [0.25, 0.3) is 6.01 Å². The van der Waals surface area contributed by atoms with Crippen molar-refractivity contribution in [1.82, 2.24) is 4.98 Å². The van der Waals surface area contributed by atoms with Gasteiger partial charge in [0, 0.05) is 12.2 Å². The molecule has 0 spiro atoms. The summed E-state index contributed by atoms with van der Waals surface area (Å²) in [5.74, 6) is 0.702. The van der Waals surface area contributed by atoms with Gasteiger partial charge >= 0.3 is 0 Å². The van der Waals surface area contributed by atoms with Gasteiger partial charge in [-0.15, -0.1) is 0 Å². The second-order valence-electron chi connectivity index (χ2n) is 7.60. The molecule has 1 N–H and O–H groups in total. The van der Waals surface area contributed by atoms with Gasteiger partial charge in [-0.05, 0) is 54.8 Å². The largest absolute Gasteiger partial charge is 0.489 e. The van der Waals surface area contributed by atoms with Gasteiger partial charge in [-0.2, -0.15) is 4.98 Å². The van der Waals surface area contributed by atoms with Gasteiger partial charge in [-0.3, -0.25) is 4.79 Å². The van der Waals surface area contributed by atoms with Crippen LogP contribution in [0.5, 0.6) is 5.75 Å². The number of rotatable bonds is 6. The normalized spacial score (nSPS) is 15.9. The number of ether oxygens (including phenoxy) is 1. The van der Waals surface area contributed by atoms with Crippen LogP contribution in [0.4, 0.5) is 11.7 Å². The second kappa shape index (κ2) is 8.52. The summed E-state index contributed by atoms with van der Waals surface area (Å²) in [6.45, 7) is 1.26. The van der Waals surface area contributed by atoms with Crippen molar-refractivity contribution in [3.05, 3.63) is 84.4 Å². The molecule has 0 radical (unpaired) electrons. The third-order valence-corrected chi connectivity index (χ3v) is 5.45. The minimum absolute atomic E-state index is 0.0577. The van der Waals surface area contributed by atoms with E-state index in [4.69, 9.17) is 9.15 Å². The molecule has 1 aromatic heterocycles. The van der Waals surface area contributed by atoms with E-state index in [1.54, 1.807) is 0 Å². The molecule has 1 atom stereocenters. The fourth-order valence-electron chi connectivity index (χ4n) is 3.85. The summed E-state index contributed by atoms with van der Waals surface area (Å²) in [4.78, 5) is 19.5. The van der Waals surface area contributed by atoms with Crippen molar-refractivity contribution >= 4 is 28.7 Å². The smallest absolute Gasteiger partial charge is 0.299 e. The Bertz CT molecular complexity index is 1140. The highest BCUT2D eigenvalue weighted by atomic mass is 16.5. The highest BCUT2D eigenvalue weighted by Crippen LogP contribution is 2.29. The summed E-state index contributed by atoms with van der Waals surface area (Å²) in [5.41, 5.74) is 3.38. The molecule has 4 aromatic rings. The maximum Gasteiger partial charge on any atom is 0.299 e. The van der Waals surface area contributed by atoms with Crippen LogP contribution in [0.2, 0.25) is 0 Å². The maximum absolute atomic E-state index is 13.0. The van der Waals surface area contributed by atoms with E-state index in [9.17, 15) is 4.79 Å². The number of para-hydroxylation sites is 2. The molecule has 6 heteroatoms. The third-order valence-electron chi connectivity index (χ3n) is 5.45. The topological polar surface area (TPSA) is 67.6 Å². The van der Waals surface area contributed by atoms with Crippen LogP contribution in [-0.4, -0.2) is 23.5 Å². The zero-order valence-corrected chi connectivity index (χ0v) is 17.0. The molecular weight excluding hydrogens is 390 g/mol. The molecule has 1 unspecified atom stereocenters. The van der Waals surface area contributed by atoms with Crippen LogP contribution in [0.25, 0.3) is 11.1 Å². The molecule has 1 aliphatic heterocycles. The van der Waals surface area contributed by atoms with Gasteiger partial charge in [0.05, 0.1) is 0 Å². The first-order valence-corrected chi connectivity index (χ1v) is 10.5. The molecule has 1 aliphatic rings. The van der Waals surface area contributed by atoms with Crippen molar-refractivity contribution < 1.29 is 13.9 Å². The molecule has 156 valence electrons. The van der Waals surface area contributed by atoms with E-state index in [0.717, 1.165) is 47.5 Å². The molecule has 5 rings (SSSR count). The van der Waals surface area contributed by atoms with Gasteiger partial charge in [-0.25, -0.2) is 0 Å². The third kappa shape index (κ3) is 4.23. The van der Waals surface area contributed by atoms with Crippen molar-refractivity contribution in [2.24, 2.45) is 0 Å². The molecule has 1 amide bonds. The van der Waals surface area contributed by atoms with Gasteiger partial charge in [0.2, 0.25) is 5.91 Å². The molecular formula is C25H23N3O3. The van der Waals surface area contributed by atoms with Crippen molar-refractivity contribution in [2.75, 3.05) is 16.8 Å². The molecule has 6 nitrogen and oxygen atoms in total. The monoisotopic (exact) mass is 413 g/mol. The molecule has 0 bridgehead atoms. The molecule has 0 saturated carbocycles. The molecule has 1 fully saturated rings. The molecule has 31 heavy (non-hydrogen) atoms. The predicted molar refractivity (Wildman–Crippen MR) is 120 cm³/mol. The molecule has 0 aliphatic carbocycles. The Hall–Kier alpha value is -3.80. The number of carbonyl (C=O) groups is 1. The number of nitrogens with zero attached hydrogens (tertiary/aromatic N) is 2. The quantitative estimate of drug-likeness (QED) is 0.481. The van der Waals surface area contributed by atoms with Crippen LogP contribution in [0.15, 0.2) is 83.3 Å². The number of fused-ring (bicyclic) bond motifs is 1. The van der Waals surface area contributed by atoms with E-state index in [-0.39, 0.29) is 11.9 Å². The fraction of sp³-hybridized carbons (Fsp3) is 0.200. The maximum atomic E-state index is 13.0. The van der Waals surface area contributed by atoms with Crippen molar-refractivity contribution in [3.8, 4) is 5.75 Å². The number of benzene rings is 3. The number of anilines is 2. The Morgan fingerprint density at radius 1 is 1.03 bits per heavy atom. The number of aromatic nitrogens is 1. The Balaban J connectivity index is 1.22. The first kappa shape index (κ1) is 19.2. The SMILES string of the molecule is O=C(Nc1ccc(OCc2ccccc2)cc1)C1CCCN1c1nc2ccccc2o1. The second-order valence-corrected chi connectivity index (χ2v) is 7.60. The lowest BCUT2D eigenvalue weighted by atomic mass is 10.2. The summed E-state index contributed by atoms with van der Waals surface area (Å²) in [6, 6.07) is 25.3. The van der Waals surface area contributed by atoms with E-state index in [1.165, 1.54) is 0 Å². The summed E-state index contributed by atoms with van der Waals surface area (Å²) < 4.78 is 11.7. The van der Waals surface area contributed by atoms with E-state index in [1.807, 2.05) is 83.8 Å². The van der Waals surface area contributed by atoms with Crippen LogP contribution in [0.1, 0.15) is 18.4 Å². The molecule has 2 heterocycles. The van der Waals surface area contributed by atoms with Gasteiger partial charge in [0.1, 0.15) is 23.9 Å². The summed E-state index contributed by atoms with van der Waals surface area (Å²) in [6.07, 6.45) is 1.69. The summed E-state index contributed by atoms with van der Waals surface area (Å²) in [5, 5.41) is 3.01. The summed E-state index contributed by atoms with van der Waals surface area (Å²) in [7, 11) is 0. The highest BCUT2D eigenvalue weighted by Gasteiger charge is 2.33. The van der Waals surface area contributed by atoms with Gasteiger partial charge in [0.15, 0.2) is 5.58 Å². The zero-order chi connectivity index (χ0) is 21.0. The van der Waals surface area contributed by atoms with Crippen LogP contribution in [0, 0.1) is 0 Å². The van der Waals surface area contributed by atoms with E-state index < -0.39 is 0 Å². The number of hydrogen-bond acceptors (Lipinski definition) is 5. The van der Waals surface area contributed by atoms with Crippen LogP contribution < -0.4 is 15.0 Å². The standard InChI is InChI=1S/C25H23N3O3/c29-24(22-10-6-16-28(22)25-27-21-9-4-5-11-23(21)31-25)26-19-12-14-20(15-13-19)30-17-18-7-2-1-3-8-18/h1-5,7-9,11-15,22H,6,10,16-17H2,(H,26,29). The highest BCUT2D eigenvalue weighted by molar-refractivity contribution is 5.97. The first-order chi connectivity index (χ1) is 15.3. The van der Waals surface area contributed by atoms with Crippen molar-refractivity contribution in [3.63, 3.8) is 0 Å². The zero-order valence-electron chi connectivity index (χ0n) is 17.0. The minimum Gasteiger partial charge on any atom is -0.489 e. The Morgan fingerprint density at radius 3 is 2.61 bits per heavy atom. The average Bonchev–Trinajstić information content (AvgIpc) is 3.46. The fourth-order valence-corrected chi connectivity index (χ4v) is 3.85. The number of amides is 1. The van der Waals surface area contributed by atoms with Crippen LogP contribution in [0.3, 0.4) is 0 Å².